The predicted molar refractivity (Wildman–Crippen MR) is 128 cm³/mol. The van der Waals surface area contributed by atoms with Crippen LogP contribution in [0.2, 0.25) is 0 Å². The van der Waals surface area contributed by atoms with Crippen LogP contribution in [-0.2, 0) is 6.54 Å². The van der Waals surface area contributed by atoms with Crippen LogP contribution in [0.4, 0.5) is 17.5 Å². The Morgan fingerprint density at radius 1 is 0.871 bits per heavy atom. The summed E-state index contributed by atoms with van der Waals surface area (Å²) in [7, 11) is 0. The highest BCUT2D eigenvalue weighted by Gasteiger charge is 2.15. The van der Waals surface area contributed by atoms with E-state index in [1.807, 2.05) is 75.5 Å². The lowest BCUT2D eigenvalue weighted by Gasteiger charge is -2.18. The molecule has 31 heavy (non-hydrogen) atoms. The van der Waals surface area contributed by atoms with Crippen LogP contribution in [0.1, 0.15) is 5.56 Å². The van der Waals surface area contributed by atoms with E-state index in [9.17, 15) is 0 Å². The molecule has 0 atom stereocenters. The van der Waals surface area contributed by atoms with Crippen LogP contribution < -0.4 is 9.66 Å². The molecule has 2 N–H and O–H groups in total. The molecule has 7 heteroatoms. The number of rotatable bonds is 5. The second kappa shape index (κ2) is 8.20. The highest BCUT2D eigenvalue weighted by Crippen LogP contribution is 2.35. The molecule has 5 rings (SSSR count). The Bertz CT molecular complexity index is 1330. The van der Waals surface area contributed by atoms with Crippen molar-refractivity contribution in [1.29, 1.82) is 0 Å². The summed E-state index contributed by atoms with van der Waals surface area (Å²) < 4.78 is 3.78. The Balaban J connectivity index is 1.53. The zero-order valence-corrected chi connectivity index (χ0v) is 18.1. The lowest BCUT2D eigenvalue weighted by atomic mass is 10.1. The number of hydrogen-bond donors (Lipinski definition) is 1. The fourth-order valence-corrected chi connectivity index (χ4v) is 4.02. The zero-order valence-electron chi connectivity index (χ0n) is 16.6. The second-order valence-corrected chi connectivity index (χ2v) is 7.88. The number of halogens is 1. The van der Waals surface area contributed by atoms with E-state index in [4.69, 9.17) is 5.73 Å². The maximum absolute atomic E-state index is 5.98. The first-order valence-corrected chi connectivity index (χ1v) is 10.5. The Kier molecular flexibility index (Phi) is 5.09. The van der Waals surface area contributed by atoms with Gasteiger partial charge in [0.05, 0.1) is 40.1 Å². The fourth-order valence-electron chi connectivity index (χ4n) is 3.51. The lowest BCUT2D eigenvalue weighted by molar-refractivity contribution is 0.687. The van der Waals surface area contributed by atoms with Crippen molar-refractivity contribution in [3.8, 4) is 11.1 Å². The monoisotopic (exact) mass is 470 g/mol. The molecule has 2 aromatic heterocycles. The highest BCUT2D eigenvalue weighted by atomic mass is 79.9. The molecule has 0 spiro atoms. The third kappa shape index (κ3) is 4.00. The predicted octanol–water partition coefficient (Wildman–Crippen LogP) is 5.57. The van der Waals surface area contributed by atoms with Crippen molar-refractivity contribution in [2.24, 2.45) is 0 Å². The van der Waals surface area contributed by atoms with Gasteiger partial charge in [-0.25, -0.2) is 4.98 Å². The molecular weight excluding hydrogens is 452 g/mol. The average molecular weight is 471 g/mol. The molecular formula is C24H19BrN6. The molecule has 0 saturated carbocycles. The minimum Gasteiger partial charge on any atom is -0.368 e. The molecule has 0 bridgehead atoms. The van der Waals surface area contributed by atoms with Gasteiger partial charge in [0.15, 0.2) is 5.82 Å². The van der Waals surface area contributed by atoms with Gasteiger partial charge in [-0.3, -0.25) is 8.61 Å². The molecule has 0 aliphatic heterocycles. The number of aromatic nitrogens is 4. The normalized spacial score (nSPS) is 11.0. The molecule has 3 aromatic carbocycles. The Labute approximate surface area is 188 Å². The first-order chi connectivity index (χ1) is 15.2. The Morgan fingerprint density at radius 2 is 1.61 bits per heavy atom. The van der Waals surface area contributed by atoms with Crippen LogP contribution in [0.5, 0.6) is 0 Å². The number of fused-ring (bicyclic) bond motifs is 1. The maximum atomic E-state index is 5.98. The fraction of sp³-hybridized carbons (Fsp3) is 0.0417. The van der Waals surface area contributed by atoms with Gasteiger partial charge in [0, 0.05) is 17.1 Å². The minimum atomic E-state index is 0.228. The van der Waals surface area contributed by atoms with Gasteiger partial charge < -0.3 is 5.73 Å². The van der Waals surface area contributed by atoms with Crippen LogP contribution in [0.25, 0.3) is 22.0 Å². The van der Waals surface area contributed by atoms with E-state index in [1.54, 1.807) is 0 Å². The van der Waals surface area contributed by atoms with Crippen molar-refractivity contribution < 1.29 is 0 Å². The van der Waals surface area contributed by atoms with Gasteiger partial charge in [-0.1, -0.05) is 54.6 Å². The summed E-state index contributed by atoms with van der Waals surface area (Å²) in [6.07, 6.45) is 3.93. The van der Waals surface area contributed by atoms with Gasteiger partial charge in [-0.05, 0) is 35.4 Å². The second-order valence-electron chi connectivity index (χ2n) is 7.17. The SMILES string of the molecule is Nc1nc(N(Br)c2ccccc2)c2cc(-c3cnn(Cc4ccccc4)c3)ccc2n1. The topological polar surface area (TPSA) is 72.9 Å². The molecule has 6 nitrogen and oxygen atoms in total. The van der Waals surface area contributed by atoms with Gasteiger partial charge in [0.1, 0.15) is 0 Å². The molecule has 5 aromatic rings. The maximum Gasteiger partial charge on any atom is 0.222 e. The average Bonchev–Trinajstić information content (AvgIpc) is 3.27. The number of nitrogen functional groups attached to an aromatic ring is 1. The van der Waals surface area contributed by atoms with Gasteiger partial charge in [0.2, 0.25) is 5.95 Å². The van der Waals surface area contributed by atoms with Crippen molar-refractivity contribution in [3.05, 3.63) is 96.8 Å². The van der Waals surface area contributed by atoms with E-state index in [2.05, 4.69) is 55.6 Å². The van der Waals surface area contributed by atoms with Crippen molar-refractivity contribution in [2.45, 2.75) is 6.54 Å². The number of nitrogens with two attached hydrogens (primary N) is 1. The van der Waals surface area contributed by atoms with Crippen molar-refractivity contribution in [2.75, 3.05) is 9.66 Å². The zero-order chi connectivity index (χ0) is 21.2. The van der Waals surface area contributed by atoms with Gasteiger partial charge in [-0.15, -0.1) is 0 Å². The van der Waals surface area contributed by atoms with Crippen molar-refractivity contribution in [1.82, 2.24) is 19.7 Å². The van der Waals surface area contributed by atoms with Crippen molar-refractivity contribution >= 4 is 44.5 Å². The smallest absolute Gasteiger partial charge is 0.222 e. The van der Waals surface area contributed by atoms with Crippen LogP contribution in [0.15, 0.2) is 91.3 Å². The molecule has 0 unspecified atom stereocenters. The van der Waals surface area contributed by atoms with E-state index < -0.39 is 0 Å². The van der Waals surface area contributed by atoms with Gasteiger partial charge in [-0.2, -0.15) is 10.1 Å². The standard InChI is InChI=1S/C24H19BrN6/c25-31(20-9-5-2-6-10-20)23-21-13-18(11-12-22(21)28-24(26)29-23)19-14-27-30(16-19)15-17-7-3-1-4-8-17/h1-14,16H,15H2,(H2,26,28,29). The van der Waals surface area contributed by atoms with Gasteiger partial charge >= 0.3 is 0 Å². The third-order valence-electron chi connectivity index (χ3n) is 5.02. The molecule has 152 valence electrons. The number of benzene rings is 3. The van der Waals surface area contributed by atoms with E-state index in [1.165, 1.54) is 5.56 Å². The quantitative estimate of drug-likeness (QED) is 0.339. The molecule has 0 saturated heterocycles. The first-order valence-electron chi connectivity index (χ1n) is 9.82. The Hall–Kier alpha value is -3.71. The van der Waals surface area contributed by atoms with Crippen LogP contribution in [0.3, 0.4) is 0 Å². The van der Waals surface area contributed by atoms with Crippen LogP contribution >= 0.6 is 16.1 Å². The van der Waals surface area contributed by atoms with E-state index in [-0.39, 0.29) is 5.95 Å². The number of nitrogens with zero attached hydrogens (tertiary/aromatic N) is 5. The van der Waals surface area contributed by atoms with Crippen LogP contribution in [0, 0.1) is 0 Å². The summed E-state index contributed by atoms with van der Waals surface area (Å²) in [4.78, 5) is 8.90. The number of anilines is 3. The third-order valence-corrected chi connectivity index (χ3v) is 5.76. The summed E-state index contributed by atoms with van der Waals surface area (Å²) in [6, 6.07) is 26.3. The number of hydrogen-bond acceptors (Lipinski definition) is 5. The summed E-state index contributed by atoms with van der Waals surface area (Å²) >= 11 is 3.64. The Morgan fingerprint density at radius 3 is 2.39 bits per heavy atom. The van der Waals surface area contributed by atoms with E-state index in [0.717, 1.165) is 34.3 Å². The largest absolute Gasteiger partial charge is 0.368 e. The summed E-state index contributed by atoms with van der Waals surface area (Å²) in [5.41, 5.74) is 11.0. The molecule has 0 fully saturated rings. The first kappa shape index (κ1) is 19.3. The van der Waals surface area contributed by atoms with E-state index in [0.29, 0.717) is 5.82 Å². The molecule has 0 aliphatic carbocycles. The molecule has 0 aliphatic rings. The van der Waals surface area contributed by atoms with Crippen molar-refractivity contribution in [3.63, 3.8) is 0 Å². The van der Waals surface area contributed by atoms with E-state index >= 15 is 0 Å². The minimum absolute atomic E-state index is 0.228. The highest BCUT2D eigenvalue weighted by molar-refractivity contribution is 9.10. The summed E-state index contributed by atoms with van der Waals surface area (Å²) in [6.45, 7) is 0.725. The summed E-state index contributed by atoms with van der Waals surface area (Å²) in [5.74, 6) is 0.915. The summed E-state index contributed by atoms with van der Waals surface area (Å²) in [5, 5.41) is 5.42. The lowest BCUT2D eigenvalue weighted by Crippen LogP contribution is -2.07. The van der Waals surface area contributed by atoms with Crippen LogP contribution in [-0.4, -0.2) is 19.7 Å². The molecule has 2 heterocycles. The number of para-hydroxylation sites is 1. The van der Waals surface area contributed by atoms with Gasteiger partial charge in [0.25, 0.3) is 0 Å². The molecule has 0 radical (unpaired) electrons. The molecule has 0 amide bonds.